The van der Waals surface area contributed by atoms with Crippen LogP contribution in [0, 0.1) is 5.92 Å². The molecule has 2 N–H and O–H groups in total. The molecule has 0 radical (unpaired) electrons. The SMILES string of the molecule is CCCCCC(C)CC(=O)NCCC(=O)O. The van der Waals surface area contributed by atoms with Crippen molar-refractivity contribution >= 4 is 11.9 Å². The molecule has 0 saturated carbocycles. The minimum absolute atomic E-state index is 0.00401. The van der Waals surface area contributed by atoms with Gasteiger partial charge in [-0.05, 0) is 5.92 Å². The number of hydrogen-bond donors (Lipinski definition) is 2. The van der Waals surface area contributed by atoms with Gasteiger partial charge >= 0.3 is 5.97 Å². The number of hydrogen-bond acceptors (Lipinski definition) is 2. The molecule has 0 heterocycles. The first-order chi connectivity index (χ1) is 7.56. The van der Waals surface area contributed by atoms with Crippen LogP contribution in [-0.2, 0) is 9.59 Å². The fourth-order valence-electron chi connectivity index (χ4n) is 1.54. The largest absolute Gasteiger partial charge is 0.481 e. The van der Waals surface area contributed by atoms with Crippen molar-refractivity contribution < 1.29 is 14.7 Å². The van der Waals surface area contributed by atoms with Crippen LogP contribution in [0.5, 0.6) is 0 Å². The molecule has 4 nitrogen and oxygen atoms in total. The Labute approximate surface area is 97.4 Å². The normalized spacial score (nSPS) is 12.1. The van der Waals surface area contributed by atoms with Crippen molar-refractivity contribution in [3.05, 3.63) is 0 Å². The van der Waals surface area contributed by atoms with E-state index in [1.54, 1.807) is 0 Å². The average molecular weight is 229 g/mol. The zero-order valence-electron chi connectivity index (χ0n) is 10.3. The van der Waals surface area contributed by atoms with Crippen LogP contribution in [-0.4, -0.2) is 23.5 Å². The summed E-state index contributed by atoms with van der Waals surface area (Å²) in [6, 6.07) is 0. The van der Waals surface area contributed by atoms with Gasteiger partial charge in [-0.3, -0.25) is 9.59 Å². The first-order valence-electron chi connectivity index (χ1n) is 6.04. The minimum atomic E-state index is -0.878. The Morgan fingerprint density at radius 2 is 2.00 bits per heavy atom. The van der Waals surface area contributed by atoms with E-state index in [2.05, 4.69) is 19.2 Å². The minimum Gasteiger partial charge on any atom is -0.481 e. The van der Waals surface area contributed by atoms with Gasteiger partial charge in [0.2, 0.25) is 5.91 Å². The Morgan fingerprint density at radius 3 is 2.56 bits per heavy atom. The predicted molar refractivity (Wildman–Crippen MR) is 63.2 cm³/mol. The smallest absolute Gasteiger partial charge is 0.305 e. The second-order valence-corrected chi connectivity index (χ2v) is 4.30. The lowest BCUT2D eigenvalue weighted by molar-refractivity contribution is -0.136. The molecule has 0 spiro atoms. The van der Waals surface area contributed by atoms with Crippen LogP contribution in [0.4, 0.5) is 0 Å². The third kappa shape index (κ3) is 9.49. The highest BCUT2D eigenvalue weighted by molar-refractivity contribution is 5.76. The van der Waals surface area contributed by atoms with E-state index >= 15 is 0 Å². The molecule has 94 valence electrons. The number of carboxylic acids is 1. The third-order valence-corrected chi connectivity index (χ3v) is 2.50. The van der Waals surface area contributed by atoms with Crippen LogP contribution < -0.4 is 5.32 Å². The number of amides is 1. The highest BCUT2D eigenvalue weighted by Gasteiger charge is 2.08. The highest BCUT2D eigenvalue weighted by atomic mass is 16.4. The molecule has 16 heavy (non-hydrogen) atoms. The summed E-state index contributed by atoms with van der Waals surface area (Å²) in [5.41, 5.74) is 0. The molecule has 1 unspecified atom stereocenters. The molecule has 0 aromatic rings. The average Bonchev–Trinajstić information content (AvgIpc) is 2.17. The van der Waals surface area contributed by atoms with Gasteiger partial charge < -0.3 is 10.4 Å². The van der Waals surface area contributed by atoms with Gasteiger partial charge in [0.1, 0.15) is 0 Å². The number of rotatable bonds is 9. The summed E-state index contributed by atoms with van der Waals surface area (Å²) in [7, 11) is 0. The Balaban J connectivity index is 3.50. The zero-order chi connectivity index (χ0) is 12.4. The monoisotopic (exact) mass is 229 g/mol. The Kier molecular flexibility index (Phi) is 8.58. The predicted octanol–water partition coefficient (Wildman–Crippen LogP) is 2.18. The standard InChI is InChI=1S/C12H23NO3/c1-3-4-5-6-10(2)9-11(14)13-8-7-12(15)16/h10H,3-9H2,1-2H3,(H,13,14)(H,15,16). The van der Waals surface area contributed by atoms with Gasteiger partial charge in [0.15, 0.2) is 0 Å². The fraction of sp³-hybridized carbons (Fsp3) is 0.833. The second kappa shape index (κ2) is 9.19. The van der Waals surface area contributed by atoms with Crippen LogP contribution in [0.1, 0.15) is 52.4 Å². The summed E-state index contributed by atoms with van der Waals surface area (Å²) >= 11 is 0. The number of carbonyl (C=O) groups excluding carboxylic acids is 1. The molecular formula is C12H23NO3. The summed E-state index contributed by atoms with van der Waals surface area (Å²) in [5, 5.41) is 11.0. The van der Waals surface area contributed by atoms with Gasteiger partial charge in [-0.15, -0.1) is 0 Å². The highest BCUT2D eigenvalue weighted by Crippen LogP contribution is 2.12. The fourth-order valence-corrected chi connectivity index (χ4v) is 1.54. The lowest BCUT2D eigenvalue weighted by Crippen LogP contribution is -2.27. The second-order valence-electron chi connectivity index (χ2n) is 4.30. The number of aliphatic carboxylic acids is 1. The van der Waals surface area contributed by atoms with Crippen molar-refractivity contribution in [2.45, 2.75) is 52.4 Å². The molecule has 0 aliphatic rings. The number of carbonyl (C=O) groups is 2. The van der Waals surface area contributed by atoms with Gasteiger partial charge in [0, 0.05) is 13.0 Å². The van der Waals surface area contributed by atoms with Crippen LogP contribution in [0.15, 0.2) is 0 Å². The van der Waals surface area contributed by atoms with E-state index in [0.717, 1.165) is 6.42 Å². The van der Waals surface area contributed by atoms with E-state index in [1.807, 2.05) is 0 Å². The topological polar surface area (TPSA) is 66.4 Å². The van der Waals surface area contributed by atoms with Crippen molar-refractivity contribution in [1.82, 2.24) is 5.32 Å². The van der Waals surface area contributed by atoms with Crippen molar-refractivity contribution in [3.8, 4) is 0 Å². The third-order valence-electron chi connectivity index (χ3n) is 2.50. The maximum absolute atomic E-state index is 11.4. The van der Waals surface area contributed by atoms with Crippen LogP contribution >= 0.6 is 0 Å². The van der Waals surface area contributed by atoms with E-state index < -0.39 is 5.97 Å². The summed E-state index contributed by atoms with van der Waals surface area (Å²) in [5.74, 6) is -0.530. The van der Waals surface area contributed by atoms with Crippen LogP contribution in [0.3, 0.4) is 0 Å². The lowest BCUT2D eigenvalue weighted by Gasteiger charge is -2.10. The zero-order valence-corrected chi connectivity index (χ0v) is 10.3. The molecule has 1 amide bonds. The van der Waals surface area contributed by atoms with Crippen molar-refractivity contribution in [1.29, 1.82) is 0 Å². The number of carboxylic acid groups (broad SMARTS) is 1. The molecular weight excluding hydrogens is 206 g/mol. The van der Waals surface area contributed by atoms with Crippen molar-refractivity contribution in [2.24, 2.45) is 5.92 Å². The van der Waals surface area contributed by atoms with E-state index in [-0.39, 0.29) is 18.9 Å². The number of nitrogens with one attached hydrogen (secondary N) is 1. The Bertz CT molecular complexity index is 216. The first kappa shape index (κ1) is 14.9. The lowest BCUT2D eigenvalue weighted by atomic mass is 9.99. The van der Waals surface area contributed by atoms with Gasteiger partial charge in [0.05, 0.1) is 6.42 Å². The van der Waals surface area contributed by atoms with E-state index in [4.69, 9.17) is 5.11 Å². The molecule has 0 fully saturated rings. The number of unbranched alkanes of at least 4 members (excludes halogenated alkanes) is 2. The van der Waals surface area contributed by atoms with Crippen LogP contribution in [0.2, 0.25) is 0 Å². The molecule has 0 aromatic carbocycles. The maximum Gasteiger partial charge on any atom is 0.305 e. The molecule has 0 saturated heterocycles. The summed E-state index contributed by atoms with van der Waals surface area (Å²) in [4.78, 5) is 21.6. The summed E-state index contributed by atoms with van der Waals surface area (Å²) < 4.78 is 0. The molecule has 0 bridgehead atoms. The first-order valence-corrected chi connectivity index (χ1v) is 6.04. The maximum atomic E-state index is 11.4. The van der Waals surface area contributed by atoms with Gasteiger partial charge in [0.25, 0.3) is 0 Å². The molecule has 0 aliphatic heterocycles. The van der Waals surface area contributed by atoms with E-state index in [1.165, 1.54) is 19.3 Å². The van der Waals surface area contributed by atoms with Crippen molar-refractivity contribution in [2.75, 3.05) is 6.54 Å². The molecule has 4 heteroatoms. The Morgan fingerprint density at radius 1 is 1.31 bits per heavy atom. The molecule has 0 rings (SSSR count). The summed E-state index contributed by atoms with van der Waals surface area (Å²) in [6.07, 6.45) is 5.14. The molecule has 1 atom stereocenters. The molecule has 0 aliphatic carbocycles. The van der Waals surface area contributed by atoms with Gasteiger partial charge in [-0.2, -0.15) is 0 Å². The van der Waals surface area contributed by atoms with Crippen LogP contribution in [0.25, 0.3) is 0 Å². The Hall–Kier alpha value is -1.06. The molecule has 0 aromatic heterocycles. The van der Waals surface area contributed by atoms with E-state index in [9.17, 15) is 9.59 Å². The van der Waals surface area contributed by atoms with E-state index in [0.29, 0.717) is 12.3 Å². The van der Waals surface area contributed by atoms with Gasteiger partial charge in [-0.1, -0.05) is 39.5 Å². The summed E-state index contributed by atoms with van der Waals surface area (Å²) in [6.45, 7) is 4.45. The quantitative estimate of drug-likeness (QED) is 0.595. The van der Waals surface area contributed by atoms with Crippen molar-refractivity contribution in [3.63, 3.8) is 0 Å². The van der Waals surface area contributed by atoms with Gasteiger partial charge in [-0.25, -0.2) is 0 Å².